The number of aryl methyl sites for hydroxylation is 1. The van der Waals surface area contributed by atoms with Crippen molar-refractivity contribution in [2.75, 3.05) is 0 Å². The first-order valence-electron chi connectivity index (χ1n) is 5.54. The zero-order valence-electron chi connectivity index (χ0n) is 8.98. The Bertz CT molecular complexity index is 313. The second-order valence-electron chi connectivity index (χ2n) is 3.93. The highest BCUT2D eigenvalue weighted by Gasteiger charge is 2.23. The molecule has 1 aliphatic carbocycles. The lowest BCUT2D eigenvalue weighted by Crippen LogP contribution is -2.35. The second-order valence-corrected chi connectivity index (χ2v) is 6.17. The highest BCUT2D eigenvalue weighted by molar-refractivity contribution is 8.01. The number of hydrogen-bond acceptors (Lipinski definition) is 5. The molecule has 1 saturated carbocycles. The Hall–Kier alpha value is -0.130. The van der Waals surface area contributed by atoms with E-state index in [2.05, 4.69) is 16.3 Å². The number of nitrogens with zero attached hydrogens (tertiary/aromatic N) is 2. The monoisotopic (exact) mass is 243 g/mol. The fraction of sp³-hybridized carbons (Fsp3) is 0.800. The number of rotatable bonds is 3. The van der Waals surface area contributed by atoms with Gasteiger partial charge in [0, 0.05) is 17.7 Å². The third kappa shape index (κ3) is 2.92. The summed E-state index contributed by atoms with van der Waals surface area (Å²) in [5.74, 6) is 0.965. The third-order valence-corrected chi connectivity index (χ3v) is 5.01. The van der Waals surface area contributed by atoms with E-state index in [1.54, 1.807) is 0 Å². The molecule has 0 spiro atoms. The van der Waals surface area contributed by atoms with Crippen molar-refractivity contribution in [2.45, 2.75) is 54.7 Å². The average molecular weight is 243 g/mol. The van der Waals surface area contributed by atoms with Crippen LogP contribution in [0.5, 0.6) is 0 Å². The van der Waals surface area contributed by atoms with Gasteiger partial charge >= 0.3 is 0 Å². The molecule has 2 rings (SSSR count). The maximum absolute atomic E-state index is 6.10. The molecule has 1 aromatic heterocycles. The summed E-state index contributed by atoms with van der Waals surface area (Å²) in [6.45, 7) is 2.09. The van der Waals surface area contributed by atoms with Crippen LogP contribution in [0, 0.1) is 0 Å². The van der Waals surface area contributed by atoms with Gasteiger partial charge in [-0.05, 0) is 24.4 Å². The molecule has 0 saturated heterocycles. The van der Waals surface area contributed by atoms with Crippen LogP contribution in [0.4, 0.5) is 0 Å². The predicted octanol–water partition coefficient (Wildman–Crippen LogP) is 2.46. The van der Waals surface area contributed by atoms with Crippen LogP contribution in [0.2, 0.25) is 0 Å². The number of nitrogens with two attached hydrogens (primary N) is 1. The second kappa shape index (κ2) is 5.27. The molecule has 1 aliphatic rings. The van der Waals surface area contributed by atoms with Crippen LogP contribution < -0.4 is 5.73 Å². The van der Waals surface area contributed by atoms with E-state index in [0.29, 0.717) is 11.3 Å². The Balaban J connectivity index is 1.95. The molecule has 1 heterocycles. The molecular formula is C10H17N3S2. The quantitative estimate of drug-likeness (QED) is 0.886. The average Bonchev–Trinajstić information content (AvgIpc) is 2.69. The van der Waals surface area contributed by atoms with Crippen LogP contribution in [0.25, 0.3) is 0 Å². The fourth-order valence-electron chi connectivity index (χ4n) is 1.83. The molecule has 0 aliphatic heterocycles. The Morgan fingerprint density at radius 1 is 1.47 bits per heavy atom. The largest absolute Gasteiger partial charge is 0.327 e. The molecule has 2 unspecified atom stereocenters. The van der Waals surface area contributed by atoms with Gasteiger partial charge in [0.05, 0.1) is 0 Å². The van der Waals surface area contributed by atoms with Gasteiger partial charge in [-0.1, -0.05) is 31.5 Å². The van der Waals surface area contributed by atoms with E-state index in [1.165, 1.54) is 30.8 Å². The van der Waals surface area contributed by atoms with Crippen molar-refractivity contribution in [1.82, 2.24) is 9.36 Å². The first kappa shape index (κ1) is 11.4. The first-order chi connectivity index (χ1) is 7.29. The molecule has 2 N–H and O–H groups in total. The summed E-state index contributed by atoms with van der Waals surface area (Å²) < 4.78 is 5.39. The van der Waals surface area contributed by atoms with Gasteiger partial charge in [-0.25, -0.2) is 4.98 Å². The molecule has 84 valence electrons. The van der Waals surface area contributed by atoms with Gasteiger partial charge in [0.15, 0.2) is 4.34 Å². The summed E-state index contributed by atoms with van der Waals surface area (Å²) in [6, 6.07) is 0.345. The van der Waals surface area contributed by atoms with Crippen molar-refractivity contribution in [3.63, 3.8) is 0 Å². The Morgan fingerprint density at radius 2 is 2.27 bits per heavy atom. The number of hydrogen-bond donors (Lipinski definition) is 1. The van der Waals surface area contributed by atoms with Crippen molar-refractivity contribution in [2.24, 2.45) is 5.73 Å². The van der Waals surface area contributed by atoms with E-state index in [-0.39, 0.29) is 0 Å². The number of aromatic nitrogens is 2. The zero-order chi connectivity index (χ0) is 10.7. The fourth-order valence-corrected chi connectivity index (χ4v) is 4.00. The van der Waals surface area contributed by atoms with Crippen molar-refractivity contribution in [1.29, 1.82) is 0 Å². The standard InChI is InChI=1S/C10H17N3S2/c1-2-9-12-10(15-13-9)14-8-6-4-3-5-7(8)11/h7-8H,2-6,11H2,1H3. The highest BCUT2D eigenvalue weighted by Crippen LogP contribution is 2.33. The summed E-state index contributed by atoms with van der Waals surface area (Å²) in [6.07, 6.45) is 5.91. The van der Waals surface area contributed by atoms with Crippen molar-refractivity contribution in [3.8, 4) is 0 Å². The molecule has 5 heteroatoms. The minimum absolute atomic E-state index is 0.345. The van der Waals surface area contributed by atoms with E-state index < -0.39 is 0 Å². The van der Waals surface area contributed by atoms with Crippen LogP contribution in [-0.2, 0) is 6.42 Å². The van der Waals surface area contributed by atoms with E-state index >= 15 is 0 Å². The SMILES string of the molecule is CCc1nsc(SC2CCCCC2N)n1. The van der Waals surface area contributed by atoms with Crippen LogP contribution in [0.1, 0.15) is 38.4 Å². The molecular weight excluding hydrogens is 226 g/mol. The van der Waals surface area contributed by atoms with E-state index in [0.717, 1.165) is 23.0 Å². The van der Waals surface area contributed by atoms with E-state index in [1.807, 2.05) is 11.8 Å². The normalized spacial score (nSPS) is 26.8. The maximum Gasteiger partial charge on any atom is 0.170 e. The molecule has 15 heavy (non-hydrogen) atoms. The molecule has 1 fully saturated rings. The lowest BCUT2D eigenvalue weighted by molar-refractivity contribution is 0.453. The van der Waals surface area contributed by atoms with Crippen molar-refractivity contribution < 1.29 is 0 Å². The molecule has 2 atom stereocenters. The first-order valence-corrected chi connectivity index (χ1v) is 7.19. The van der Waals surface area contributed by atoms with Gasteiger partial charge in [0.1, 0.15) is 5.82 Å². The summed E-state index contributed by atoms with van der Waals surface area (Å²) in [5.41, 5.74) is 6.10. The molecule has 0 amide bonds. The van der Waals surface area contributed by atoms with Gasteiger partial charge in [0.25, 0.3) is 0 Å². The zero-order valence-corrected chi connectivity index (χ0v) is 10.6. The maximum atomic E-state index is 6.10. The molecule has 0 radical (unpaired) electrons. The van der Waals surface area contributed by atoms with Gasteiger partial charge in [-0.3, -0.25) is 0 Å². The van der Waals surface area contributed by atoms with Gasteiger partial charge < -0.3 is 5.73 Å². The summed E-state index contributed by atoms with van der Waals surface area (Å²) in [7, 11) is 0. The third-order valence-electron chi connectivity index (χ3n) is 2.77. The Labute approximate surface area is 99.0 Å². The van der Waals surface area contributed by atoms with Crippen LogP contribution in [0.3, 0.4) is 0 Å². The van der Waals surface area contributed by atoms with E-state index in [9.17, 15) is 0 Å². The van der Waals surface area contributed by atoms with E-state index in [4.69, 9.17) is 5.73 Å². The summed E-state index contributed by atoms with van der Waals surface area (Å²) in [4.78, 5) is 4.47. The van der Waals surface area contributed by atoms with Gasteiger partial charge in [0.2, 0.25) is 0 Å². The lowest BCUT2D eigenvalue weighted by atomic mass is 9.96. The van der Waals surface area contributed by atoms with Crippen LogP contribution in [-0.4, -0.2) is 20.6 Å². The predicted molar refractivity (Wildman–Crippen MR) is 65.4 cm³/mol. The Morgan fingerprint density at radius 3 is 2.93 bits per heavy atom. The number of thioether (sulfide) groups is 1. The minimum atomic E-state index is 0.345. The summed E-state index contributed by atoms with van der Waals surface area (Å²) in [5, 5.41) is 0.552. The van der Waals surface area contributed by atoms with Crippen molar-refractivity contribution in [3.05, 3.63) is 5.82 Å². The molecule has 0 aromatic carbocycles. The van der Waals surface area contributed by atoms with Gasteiger partial charge in [-0.15, -0.1) is 0 Å². The lowest BCUT2D eigenvalue weighted by Gasteiger charge is -2.26. The molecule has 0 bridgehead atoms. The smallest absolute Gasteiger partial charge is 0.170 e. The van der Waals surface area contributed by atoms with Crippen LogP contribution >= 0.6 is 23.3 Å². The topological polar surface area (TPSA) is 51.8 Å². The van der Waals surface area contributed by atoms with Crippen LogP contribution in [0.15, 0.2) is 4.34 Å². The highest BCUT2D eigenvalue weighted by atomic mass is 32.2. The summed E-state index contributed by atoms with van der Waals surface area (Å²) >= 11 is 3.34. The van der Waals surface area contributed by atoms with Crippen molar-refractivity contribution >= 4 is 23.3 Å². The molecule has 1 aromatic rings. The molecule has 3 nitrogen and oxygen atoms in total. The van der Waals surface area contributed by atoms with Gasteiger partial charge in [-0.2, -0.15) is 4.37 Å². The Kier molecular flexibility index (Phi) is 3.99. The minimum Gasteiger partial charge on any atom is -0.327 e.